The maximum absolute atomic E-state index is 12.4. The van der Waals surface area contributed by atoms with E-state index in [2.05, 4.69) is 10.3 Å². The van der Waals surface area contributed by atoms with Gasteiger partial charge in [-0.3, -0.25) is 23.9 Å². The zero-order valence-electron chi connectivity index (χ0n) is 14.4. The zero-order valence-corrected chi connectivity index (χ0v) is 14.4. The molecule has 0 aliphatic heterocycles. The summed E-state index contributed by atoms with van der Waals surface area (Å²) in [5.74, 6) is -0.793. The van der Waals surface area contributed by atoms with Crippen LogP contribution in [-0.2, 0) is 11.3 Å². The minimum Gasteiger partial charge on any atom is -0.384 e. The molecule has 9 nitrogen and oxygen atoms in total. The van der Waals surface area contributed by atoms with Crippen molar-refractivity contribution in [2.75, 3.05) is 32.4 Å². The number of rotatable bonds is 9. The van der Waals surface area contributed by atoms with E-state index in [1.165, 1.54) is 4.57 Å². The maximum Gasteiger partial charge on any atom is 0.329 e. The van der Waals surface area contributed by atoms with Gasteiger partial charge in [-0.25, -0.2) is 4.79 Å². The number of amides is 1. The molecule has 1 heterocycles. The molecule has 0 aliphatic rings. The van der Waals surface area contributed by atoms with Crippen LogP contribution in [0.2, 0.25) is 0 Å². The molecule has 5 N–H and O–H groups in total. The molecule has 0 saturated heterocycles. The van der Waals surface area contributed by atoms with Gasteiger partial charge < -0.3 is 16.0 Å². The van der Waals surface area contributed by atoms with Crippen molar-refractivity contribution in [2.45, 2.75) is 33.2 Å². The van der Waals surface area contributed by atoms with Crippen molar-refractivity contribution in [3.05, 3.63) is 26.4 Å². The molecule has 0 aromatic carbocycles. The molecule has 0 radical (unpaired) electrons. The highest BCUT2D eigenvalue weighted by molar-refractivity contribution is 6.00. The Morgan fingerprint density at radius 2 is 1.88 bits per heavy atom. The fourth-order valence-electron chi connectivity index (χ4n) is 2.33. The van der Waals surface area contributed by atoms with Crippen molar-refractivity contribution >= 4 is 17.5 Å². The fraction of sp³-hybridized carbons (Fsp3) is 0.600. The van der Waals surface area contributed by atoms with E-state index in [0.29, 0.717) is 24.4 Å². The number of ketones is 1. The quantitative estimate of drug-likeness (QED) is 0.377. The topological polar surface area (TPSA) is 131 Å². The number of hydrogen-bond acceptors (Lipinski definition) is 5. The number of aromatic nitrogens is 2. The van der Waals surface area contributed by atoms with E-state index in [4.69, 9.17) is 5.73 Å². The van der Waals surface area contributed by atoms with E-state index in [-0.39, 0.29) is 30.4 Å². The average Bonchev–Trinajstić information content (AvgIpc) is 2.48. The van der Waals surface area contributed by atoms with E-state index < -0.39 is 17.0 Å². The number of aromatic amines is 1. The van der Waals surface area contributed by atoms with E-state index in [1.54, 1.807) is 7.05 Å². The number of carbonyl (C=O) groups is 2. The van der Waals surface area contributed by atoms with Gasteiger partial charge in [0.25, 0.3) is 11.5 Å². The minimum absolute atomic E-state index is 0.0723. The van der Waals surface area contributed by atoms with Crippen LogP contribution in [0.1, 0.15) is 37.0 Å². The first kappa shape index (κ1) is 19.6. The number of carbonyl (C=O) groups excluding carboxylic acids is 2. The van der Waals surface area contributed by atoms with E-state index in [0.717, 1.165) is 6.42 Å². The average molecular weight is 340 g/mol. The lowest BCUT2D eigenvalue weighted by molar-refractivity contribution is -0.862. The molecule has 9 heteroatoms. The normalized spacial score (nSPS) is 12.0. The van der Waals surface area contributed by atoms with Crippen molar-refractivity contribution in [2.24, 2.45) is 0 Å². The first-order valence-electron chi connectivity index (χ1n) is 8.05. The summed E-state index contributed by atoms with van der Waals surface area (Å²) >= 11 is 0. The second-order valence-corrected chi connectivity index (χ2v) is 5.75. The lowest BCUT2D eigenvalue weighted by Crippen LogP contribution is -3.11. The highest BCUT2D eigenvalue weighted by atomic mass is 16.2. The number of hydrogen-bond donors (Lipinski definition) is 4. The van der Waals surface area contributed by atoms with Gasteiger partial charge in [0, 0.05) is 13.1 Å². The molecule has 0 bridgehead atoms. The Balaban J connectivity index is 2.92. The van der Waals surface area contributed by atoms with Gasteiger partial charge in [-0.15, -0.1) is 0 Å². The number of nitrogen functional groups attached to an aromatic ring is 1. The first-order chi connectivity index (χ1) is 11.3. The van der Waals surface area contributed by atoms with Gasteiger partial charge in [0.05, 0.1) is 7.05 Å². The molecule has 1 aromatic heterocycles. The standard InChI is InChI=1S/C15H25N5O4/c1-4-6-17-11(22)9-19(3)8-10(21)12-13(16)20(7-5-2)15(24)18-14(12)23/h4-9,16H2,1-3H3,(H,17,22)(H,18,23,24)/p+1. The van der Waals surface area contributed by atoms with Gasteiger partial charge >= 0.3 is 5.69 Å². The molecule has 1 atom stereocenters. The van der Waals surface area contributed by atoms with Gasteiger partial charge in [0.15, 0.2) is 6.54 Å². The molecular formula is C15H26N5O4+. The number of likely N-dealkylation sites (N-methyl/N-ethyl adjacent to an activating group) is 1. The summed E-state index contributed by atoms with van der Waals surface area (Å²) in [7, 11) is 1.68. The molecule has 134 valence electrons. The Hall–Kier alpha value is -2.42. The minimum atomic E-state index is -0.793. The number of H-pyrrole nitrogens is 1. The van der Waals surface area contributed by atoms with Crippen LogP contribution in [0.5, 0.6) is 0 Å². The van der Waals surface area contributed by atoms with Crippen LogP contribution in [0.3, 0.4) is 0 Å². The summed E-state index contributed by atoms with van der Waals surface area (Å²) in [5.41, 5.74) is 4.20. The summed E-state index contributed by atoms with van der Waals surface area (Å²) in [4.78, 5) is 50.5. The Morgan fingerprint density at radius 1 is 1.21 bits per heavy atom. The van der Waals surface area contributed by atoms with Crippen LogP contribution < -0.4 is 27.2 Å². The van der Waals surface area contributed by atoms with Gasteiger partial charge in [-0.2, -0.15) is 0 Å². The second kappa shape index (κ2) is 9.02. The van der Waals surface area contributed by atoms with Crippen molar-refractivity contribution < 1.29 is 14.5 Å². The molecule has 0 fully saturated rings. The third-order valence-electron chi connectivity index (χ3n) is 3.46. The molecule has 1 rings (SSSR count). The lowest BCUT2D eigenvalue weighted by Gasteiger charge is -2.14. The van der Waals surface area contributed by atoms with Crippen LogP contribution in [0, 0.1) is 0 Å². The van der Waals surface area contributed by atoms with Gasteiger partial charge in [0.2, 0.25) is 5.78 Å². The predicted octanol–water partition coefficient (Wildman–Crippen LogP) is -2.25. The second-order valence-electron chi connectivity index (χ2n) is 5.75. The van der Waals surface area contributed by atoms with Crippen LogP contribution in [0.15, 0.2) is 9.59 Å². The molecule has 1 unspecified atom stereocenters. The van der Waals surface area contributed by atoms with Gasteiger partial charge in [0.1, 0.15) is 17.9 Å². The summed E-state index contributed by atoms with van der Waals surface area (Å²) < 4.78 is 1.18. The predicted molar refractivity (Wildman–Crippen MR) is 90.3 cm³/mol. The Labute approximate surface area is 139 Å². The van der Waals surface area contributed by atoms with Crippen molar-refractivity contribution in [3.63, 3.8) is 0 Å². The van der Waals surface area contributed by atoms with Crippen LogP contribution in [0.4, 0.5) is 5.82 Å². The Kier molecular flexibility index (Phi) is 7.37. The Bertz CT molecular complexity index is 707. The number of nitrogens with zero attached hydrogens (tertiary/aromatic N) is 1. The summed E-state index contributed by atoms with van der Waals surface area (Å²) in [6, 6.07) is 0. The number of anilines is 1. The molecular weight excluding hydrogens is 314 g/mol. The number of nitrogens with one attached hydrogen (secondary N) is 3. The largest absolute Gasteiger partial charge is 0.384 e. The van der Waals surface area contributed by atoms with E-state index in [9.17, 15) is 19.2 Å². The summed E-state index contributed by atoms with van der Waals surface area (Å²) in [6.45, 7) is 4.72. The monoisotopic (exact) mass is 340 g/mol. The molecule has 1 amide bonds. The van der Waals surface area contributed by atoms with Crippen LogP contribution in [0.25, 0.3) is 0 Å². The third kappa shape index (κ3) is 5.05. The van der Waals surface area contributed by atoms with E-state index >= 15 is 0 Å². The number of Topliss-reactive ketones (excluding diaryl/α,β-unsaturated/α-hetero) is 1. The smallest absolute Gasteiger partial charge is 0.329 e. The van der Waals surface area contributed by atoms with Crippen molar-refractivity contribution in [3.8, 4) is 0 Å². The third-order valence-corrected chi connectivity index (χ3v) is 3.46. The van der Waals surface area contributed by atoms with Crippen molar-refractivity contribution in [1.29, 1.82) is 0 Å². The molecule has 1 aromatic rings. The summed E-state index contributed by atoms with van der Waals surface area (Å²) in [6.07, 6.45) is 1.46. The van der Waals surface area contributed by atoms with Gasteiger partial charge in [-0.1, -0.05) is 13.8 Å². The SMILES string of the molecule is CCCNC(=O)C[NH+](C)CC(=O)c1c(N)n(CCC)c(=O)[nH]c1=O. The van der Waals surface area contributed by atoms with Crippen LogP contribution in [-0.4, -0.2) is 47.9 Å². The van der Waals surface area contributed by atoms with E-state index in [1.807, 2.05) is 13.8 Å². The molecule has 24 heavy (non-hydrogen) atoms. The van der Waals surface area contributed by atoms with Crippen LogP contribution >= 0.6 is 0 Å². The van der Waals surface area contributed by atoms with Gasteiger partial charge in [-0.05, 0) is 12.8 Å². The van der Waals surface area contributed by atoms with Crippen molar-refractivity contribution in [1.82, 2.24) is 14.9 Å². The highest BCUT2D eigenvalue weighted by Gasteiger charge is 2.23. The molecule has 0 aliphatic carbocycles. The number of nitrogens with two attached hydrogens (primary N) is 1. The molecule has 0 spiro atoms. The Morgan fingerprint density at radius 3 is 2.46 bits per heavy atom. The zero-order chi connectivity index (χ0) is 18.3. The first-order valence-corrected chi connectivity index (χ1v) is 8.05. The fourth-order valence-corrected chi connectivity index (χ4v) is 2.33. The number of quaternary nitrogens is 1. The summed E-state index contributed by atoms with van der Waals surface area (Å²) in [5, 5.41) is 2.72. The maximum atomic E-state index is 12.4. The molecule has 0 saturated carbocycles. The highest BCUT2D eigenvalue weighted by Crippen LogP contribution is 2.04. The lowest BCUT2D eigenvalue weighted by atomic mass is 10.2.